The van der Waals surface area contributed by atoms with Crippen LogP contribution in [0, 0.1) is 5.41 Å². The number of fused-ring (bicyclic) bond motifs is 12. The van der Waals surface area contributed by atoms with Crippen LogP contribution in [-0.2, 0) is 31.1 Å². The number of hydrogen-bond donors (Lipinski definition) is 1. The Kier molecular flexibility index (Phi) is 8.56. The number of ether oxygens (including phenoxy) is 2. The van der Waals surface area contributed by atoms with Gasteiger partial charge in [0.15, 0.2) is 0 Å². The average molecular weight is 521 g/mol. The van der Waals surface area contributed by atoms with Crippen molar-refractivity contribution < 1.29 is 23.9 Å². The van der Waals surface area contributed by atoms with E-state index in [1.807, 2.05) is 32.9 Å². The summed E-state index contributed by atoms with van der Waals surface area (Å²) < 4.78 is 11.5. The molecule has 5 rings (SSSR count). The van der Waals surface area contributed by atoms with Gasteiger partial charge in [-0.1, -0.05) is 82.1 Å². The van der Waals surface area contributed by atoms with Crippen LogP contribution >= 0.6 is 0 Å². The van der Waals surface area contributed by atoms with E-state index in [1.54, 1.807) is 12.0 Å². The zero-order valence-electron chi connectivity index (χ0n) is 23.0. The molecular formula is C31H40N2O5. The molecule has 0 radical (unpaired) electrons. The number of nitrogens with zero attached hydrogens (tertiary/aromatic N) is 1. The van der Waals surface area contributed by atoms with Crippen LogP contribution in [0.15, 0.2) is 48.5 Å². The molecule has 7 heteroatoms. The van der Waals surface area contributed by atoms with Gasteiger partial charge in [0.2, 0.25) is 5.91 Å². The summed E-state index contributed by atoms with van der Waals surface area (Å²) in [6.45, 7) is 6.18. The molecule has 38 heavy (non-hydrogen) atoms. The van der Waals surface area contributed by atoms with Gasteiger partial charge in [0, 0.05) is 13.5 Å². The van der Waals surface area contributed by atoms with Crippen molar-refractivity contribution in [2.45, 2.75) is 77.0 Å². The second kappa shape index (κ2) is 11.7. The molecule has 7 nitrogen and oxygen atoms in total. The van der Waals surface area contributed by atoms with Crippen molar-refractivity contribution in [3.63, 3.8) is 0 Å². The summed E-state index contributed by atoms with van der Waals surface area (Å²) in [5.41, 5.74) is 3.14. The number of carbonyl (C=O) groups is 3. The number of nitrogens with one attached hydrogen (secondary N) is 1. The Hall–Kier alpha value is -3.19. The first-order valence-electron chi connectivity index (χ1n) is 13.6. The van der Waals surface area contributed by atoms with Gasteiger partial charge in [-0.15, -0.1) is 0 Å². The molecule has 0 aliphatic carbocycles. The number of aldehydes is 1. The standard InChI is InChI=1S/C31H40N2O5/c1-30(2,3)27-28(35)33-21-31(37-4,19-25(33)20-34)24-16-14-23(15-17-24)26-13-9-8-12-22(26)11-7-5-6-10-18-38-29(36)32-27/h8-9,12-17,20,25,27H,5-7,10-11,18-19,21H2,1-4H3,(H,32,36)/t25-,27+,31-/m0/s1. The van der Waals surface area contributed by atoms with E-state index in [4.69, 9.17) is 9.47 Å². The van der Waals surface area contributed by atoms with Gasteiger partial charge in [0.25, 0.3) is 0 Å². The quantitative estimate of drug-likeness (QED) is 0.547. The molecule has 3 aliphatic rings. The van der Waals surface area contributed by atoms with E-state index in [0.717, 1.165) is 49.5 Å². The number of alkyl carbamates (subject to hydrolysis) is 1. The van der Waals surface area contributed by atoms with Crippen LogP contribution in [0.2, 0.25) is 0 Å². The SMILES string of the molecule is CO[C@@]12C[C@@H](C=O)N(C1)C(=O)[C@H](C(C)(C)C)NC(=O)OCCCCCCc1ccccc1-c1ccc2cc1. The highest BCUT2D eigenvalue weighted by Crippen LogP contribution is 2.40. The molecule has 1 N–H and O–H groups in total. The molecule has 2 aromatic carbocycles. The minimum absolute atomic E-state index is 0.213. The van der Waals surface area contributed by atoms with Crippen LogP contribution in [0.4, 0.5) is 4.79 Å². The number of rotatable bonds is 2. The van der Waals surface area contributed by atoms with Crippen LogP contribution < -0.4 is 5.32 Å². The van der Waals surface area contributed by atoms with Crippen molar-refractivity contribution in [3.05, 3.63) is 59.7 Å². The van der Waals surface area contributed by atoms with Gasteiger partial charge < -0.3 is 24.5 Å². The van der Waals surface area contributed by atoms with E-state index >= 15 is 0 Å². The summed E-state index contributed by atoms with van der Waals surface area (Å²) in [4.78, 5) is 40.2. The van der Waals surface area contributed by atoms with Crippen molar-refractivity contribution >= 4 is 18.3 Å². The smallest absolute Gasteiger partial charge is 0.407 e. The molecular weight excluding hydrogens is 480 g/mol. The first kappa shape index (κ1) is 27.8. The van der Waals surface area contributed by atoms with E-state index in [1.165, 1.54) is 11.1 Å². The van der Waals surface area contributed by atoms with E-state index in [2.05, 4.69) is 41.7 Å². The van der Waals surface area contributed by atoms with Gasteiger partial charge in [-0.05, 0) is 46.9 Å². The van der Waals surface area contributed by atoms with E-state index in [-0.39, 0.29) is 12.5 Å². The fraction of sp³-hybridized carbons (Fsp3) is 0.516. The molecule has 3 atom stereocenters. The number of benzene rings is 2. The molecule has 1 saturated heterocycles. The van der Waals surface area contributed by atoms with Crippen LogP contribution in [0.3, 0.4) is 0 Å². The molecule has 2 amide bonds. The minimum Gasteiger partial charge on any atom is -0.450 e. The maximum Gasteiger partial charge on any atom is 0.407 e. The second-order valence-electron chi connectivity index (χ2n) is 11.6. The predicted molar refractivity (Wildman–Crippen MR) is 147 cm³/mol. The van der Waals surface area contributed by atoms with Crippen LogP contribution in [-0.4, -0.2) is 55.5 Å². The summed E-state index contributed by atoms with van der Waals surface area (Å²) in [6, 6.07) is 15.2. The molecule has 0 spiro atoms. The molecule has 2 aromatic rings. The van der Waals surface area contributed by atoms with Crippen molar-refractivity contribution in [2.75, 3.05) is 20.3 Å². The Balaban J connectivity index is 1.72. The van der Waals surface area contributed by atoms with Crippen molar-refractivity contribution in [3.8, 4) is 11.1 Å². The maximum atomic E-state index is 13.8. The number of hydrogen-bond acceptors (Lipinski definition) is 5. The van der Waals surface area contributed by atoms with Gasteiger partial charge in [0.1, 0.15) is 17.9 Å². The van der Waals surface area contributed by atoms with Crippen molar-refractivity contribution in [2.24, 2.45) is 5.41 Å². The zero-order valence-corrected chi connectivity index (χ0v) is 23.0. The summed E-state index contributed by atoms with van der Waals surface area (Å²) in [6.07, 6.45) is 5.33. The van der Waals surface area contributed by atoms with Gasteiger partial charge in [-0.25, -0.2) is 4.79 Å². The monoisotopic (exact) mass is 520 g/mol. The molecule has 0 saturated carbocycles. The van der Waals surface area contributed by atoms with E-state index in [9.17, 15) is 14.4 Å². The van der Waals surface area contributed by atoms with Crippen LogP contribution in [0.5, 0.6) is 0 Å². The Labute approximate surface area is 225 Å². The van der Waals surface area contributed by atoms with Gasteiger partial charge in [-0.3, -0.25) is 4.79 Å². The highest BCUT2D eigenvalue weighted by Gasteiger charge is 2.50. The lowest BCUT2D eigenvalue weighted by molar-refractivity contribution is -0.139. The molecule has 0 aromatic heterocycles. The minimum atomic E-state index is -0.852. The lowest BCUT2D eigenvalue weighted by Gasteiger charge is -2.35. The third kappa shape index (κ3) is 5.93. The lowest BCUT2D eigenvalue weighted by Crippen LogP contribution is -2.56. The number of aryl methyl sites for hydroxylation is 1. The summed E-state index contributed by atoms with van der Waals surface area (Å²) in [5, 5.41) is 2.78. The second-order valence-corrected chi connectivity index (χ2v) is 11.6. The summed E-state index contributed by atoms with van der Waals surface area (Å²) >= 11 is 0. The highest BCUT2D eigenvalue weighted by molar-refractivity contribution is 5.89. The molecule has 0 unspecified atom stereocenters. The summed E-state index contributed by atoms with van der Waals surface area (Å²) in [5.74, 6) is -0.314. The Morgan fingerprint density at radius 3 is 2.42 bits per heavy atom. The third-order valence-electron chi connectivity index (χ3n) is 7.88. The molecule has 3 aliphatic heterocycles. The number of carbonyl (C=O) groups excluding carboxylic acids is 3. The Morgan fingerprint density at radius 2 is 1.74 bits per heavy atom. The molecule has 3 heterocycles. The normalized spacial score (nSPS) is 25.3. The Bertz CT molecular complexity index is 1140. The van der Waals surface area contributed by atoms with Gasteiger partial charge in [0.05, 0.1) is 19.2 Å². The largest absolute Gasteiger partial charge is 0.450 e. The summed E-state index contributed by atoms with van der Waals surface area (Å²) in [7, 11) is 1.62. The molecule has 204 valence electrons. The average Bonchev–Trinajstić information content (AvgIpc) is 3.30. The topological polar surface area (TPSA) is 84.9 Å². The van der Waals surface area contributed by atoms with Gasteiger partial charge >= 0.3 is 6.09 Å². The fourth-order valence-electron chi connectivity index (χ4n) is 5.63. The molecule has 1 fully saturated rings. The van der Waals surface area contributed by atoms with Crippen molar-refractivity contribution in [1.29, 1.82) is 0 Å². The van der Waals surface area contributed by atoms with Gasteiger partial charge in [-0.2, -0.15) is 0 Å². The van der Waals surface area contributed by atoms with Crippen molar-refractivity contribution in [1.82, 2.24) is 10.2 Å². The van der Waals surface area contributed by atoms with E-state index < -0.39 is 29.2 Å². The fourth-order valence-corrected chi connectivity index (χ4v) is 5.63. The lowest BCUT2D eigenvalue weighted by atomic mass is 9.85. The van der Waals surface area contributed by atoms with Crippen LogP contribution in [0.25, 0.3) is 11.1 Å². The number of amides is 2. The third-order valence-corrected chi connectivity index (χ3v) is 7.88. The first-order chi connectivity index (χ1) is 18.2. The predicted octanol–water partition coefficient (Wildman–Crippen LogP) is 5.25. The van der Waals surface area contributed by atoms with E-state index in [0.29, 0.717) is 13.0 Å². The zero-order chi connectivity index (χ0) is 27.3. The molecule has 4 bridgehead atoms. The van der Waals surface area contributed by atoms with Crippen LogP contribution in [0.1, 0.15) is 64.0 Å². The number of methoxy groups -OCH3 is 1. The highest BCUT2D eigenvalue weighted by atomic mass is 16.5. The first-order valence-corrected chi connectivity index (χ1v) is 13.6. The maximum absolute atomic E-state index is 13.8. The Morgan fingerprint density at radius 1 is 1.03 bits per heavy atom.